The normalized spacial score (nSPS) is 25.0. The predicted octanol–water partition coefficient (Wildman–Crippen LogP) is 1.19. The molecule has 6 heteroatoms. The number of carbonyl (C=O) groups is 1. The SMILES string of the molecule is C=CCN1C(=O)COC2(CCN(Cc3cnn(C)c3)CC2)[C@@H]1C. The van der Waals surface area contributed by atoms with Gasteiger partial charge in [-0.2, -0.15) is 5.10 Å². The quantitative estimate of drug-likeness (QED) is 0.783. The molecule has 2 aliphatic heterocycles. The van der Waals surface area contributed by atoms with Crippen LogP contribution in [-0.4, -0.2) is 63.4 Å². The van der Waals surface area contributed by atoms with Crippen LogP contribution in [0.5, 0.6) is 0 Å². The highest BCUT2D eigenvalue weighted by atomic mass is 16.5. The molecule has 1 aromatic rings. The van der Waals surface area contributed by atoms with Gasteiger partial charge in [-0.05, 0) is 19.8 Å². The van der Waals surface area contributed by atoms with Crippen LogP contribution < -0.4 is 0 Å². The predicted molar refractivity (Wildman–Crippen MR) is 87.8 cm³/mol. The maximum Gasteiger partial charge on any atom is 0.249 e. The number of hydrogen-bond acceptors (Lipinski definition) is 4. The monoisotopic (exact) mass is 318 g/mol. The summed E-state index contributed by atoms with van der Waals surface area (Å²) in [5, 5.41) is 4.23. The lowest BCUT2D eigenvalue weighted by Gasteiger charge is -2.51. The molecule has 0 unspecified atom stereocenters. The maximum absolute atomic E-state index is 12.1. The number of nitrogens with zero attached hydrogens (tertiary/aromatic N) is 4. The number of morpholine rings is 1. The van der Waals surface area contributed by atoms with E-state index in [0.29, 0.717) is 6.54 Å². The van der Waals surface area contributed by atoms with Gasteiger partial charge in [0.1, 0.15) is 6.61 Å². The van der Waals surface area contributed by atoms with Crippen LogP contribution in [0.3, 0.4) is 0 Å². The number of likely N-dealkylation sites (tertiary alicyclic amines) is 1. The number of carbonyl (C=O) groups excluding carboxylic acids is 1. The number of amides is 1. The molecule has 0 bridgehead atoms. The van der Waals surface area contributed by atoms with Gasteiger partial charge in [-0.3, -0.25) is 14.4 Å². The van der Waals surface area contributed by atoms with Crippen molar-refractivity contribution in [3.63, 3.8) is 0 Å². The highest BCUT2D eigenvalue weighted by Crippen LogP contribution is 2.35. The standard InChI is InChI=1S/C17H26N4O2/c1-4-7-21-14(2)17(23-13-16(21)22)5-8-20(9-6-17)12-15-10-18-19(3)11-15/h4,10-11,14H,1,5-9,12-13H2,2-3H3/t14-/m0/s1. The second-order valence-corrected chi connectivity index (χ2v) is 6.66. The van der Waals surface area contributed by atoms with Crippen LogP contribution in [0.25, 0.3) is 0 Å². The van der Waals surface area contributed by atoms with Gasteiger partial charge in [0.05, 0.1) is 17.8 Å². The number of aryl methyl sites for hydroxylation is 1. The number of piperidine rings is 1. The zero-order valence-electron chi connectivity index (χ0n) is 14.1. The summed E-state index contributed by atoms with van der Waals surface area (Å²) in [7, 11) is 1.94. The Hall–Kier alpha value is -1.66. The molecule has 3 heterocycles. The van der Waals surface area contributed by atoms with Gasteiger partial charge in [-0.1, -0.05) is 6.08 Å². The van der Waals surface area contributed by atoms with Crippen molar-refractivity contribution in [3.05, 3.63) is 30.6 Å². The van der Waals surface area contributed by atoms with Gasteiger partial charge in [-0.15, -0.1) is 6.58 Å². The summed E-state index contributed by atoms with van der Waals surface area (Å²) in [4.78, 5) is 16.4. The topological polar surface area (TPSA) is 50.6 Å². The Bertz CT molecular complexity index is 575. The van der Waals surface area contributed by atoms with E-state index in [2.05, 4.69) is 29.7 Å². The molecule has 1 atom stereocenters. The molecule has 0 N–H and O–H groups in total. The summed E-state index contributed by atoms with van der Waals surface area (Å²) in [5.74, 6) is 0.0702. The van der Waals surface area contributed by atoms with Gasteiger partial charge in [0, 0.05) is 45.0 Å². The minimum Gasteiger partial charge on any atom is -0.363 e. The average Bonchev–Trinajstić information content (AvgIpc) is 2.95. The molecule has 0 aliphatic carbocycles. The van der Waals surface area contributed by atoms with Crippen molar-refractivity contribution in [2.75, 3.05) is 26.2 Å². The molecular weight excluding hydrogens is 292 g/mol. The molecule has 1 spiro atoms. The van der Waals surface area contributed by atoms with Crippen LogP contribution in [-0.2, 0) is 23.1 Å². The minimum absolute atomic E-state index is 0.0702. The molecule has 3 rings (SSSR count). The molecule has 0 saturated carbocycles. The fourth-order valence-electron chi connectivity index (χ4n) is 3.77. The van der Waals surface area contributed by atoms with Gasteiger partial charge in [0.2, 0.25) is 5.91 Å². The van der Waals surface area contributed by atoms with E-state index in [4.69, 9.17) is 4.74 Å². The molecule has 0 aromatic carbocycles. The van der Waals surface area contributed by atoms with E-state index in [1.165, 1.54) is 5.56 Å². The molecule has 6 nitrogen and oxygen atoms in total. The summed E-state index contributed by atoms with van der Waals surface area (Å²) in [5.41, 5.74) is 1.03. The molecule has 2 fully saturated rings. The van der Waals surface area contributed by atoms with Crippen molar-refractivity contribution >= 4 is 5.91 Å². The average molecular weight is 318 g/mol. The first-order valence-electron chi connectivity index (χ1n) is 8.28. The largest absolute Gasteiger partial charge is 0.363 e. The first-order chi connectivity index (χ1) is 11.0. The highest BCUT2D eigenvalue weighted by Gasteiger charge is 2.47. The summed E-state index contributed by atoms with van der Waals surface area (Å²) in [6, 6.07) is 0.0993. The maximum atomic E-state index is 12.1. The molecule has 2 aliphatic rings. The number of ether oxygens (including phenoxy) is 1. The van der Waals surface area contributed by atoms with Crippen molar-refractivity contribution in [2.24, 2.45) is 7.05 Å². The van der Waals surface area contributed by atoms with Gasteiger partial charge >= 0.3 is 0 Å². The first-order valence-corrected chi connectivity index (χ1v) is 8.28. The van der Waals surface area contributed by atoms with Gasteiger partial charge in [0.25, 0.3) is 0 Å². The van der Waals surface area contributed by atoms with Crippen LogP contribution in [0.2, 0.25) is 0 Å². The lowest BCUT2D eigenvalue weighted by atomic mass is 9.82. The Morgan fingerprint density at radius 3 is 2.83 bits per heavy atom. The third-order valence-corrected chi connectivity index (χ3v) is 5.23. The summed E-state index contributed by atoms with van der Waals surface area (Å²) in [6.07, 6.45) is 7.69. The number of hydrogen-bond donors (Lipinski definition) is 0. The third kappa shape index (κ3) is 3.19. The summed E-state index contributed by atoms with van der Waals surface area (Å²) >= 11 is 0. The Kier molecular flexibility index (Phi) is 4.55. The Morgan fingerprint density at radius 2 is 2.22 bits per heavy atom. The van der Waals surface area contributed by atoms with Crippen molar-refractivity contribution in [2.45, 2.75) is 38.0 Å². The molecule has 1 amide bonds. The molecule has 23 heavy (non-hydrogen) atoms. The van der Waals surface area contributed by atoms with Crippen LogP contribution >= 0.6 is 0 Å². The fourth-order valence-corrected chi connectivity index (χ4v) is 3.77. The number of aromatic nitrogens is 2. The second-order valence-electron chi connectivity index (χ2n) is 6.66. The molecule has 1 aromatic heterocycles. The van der Waals surface area contributed by atoms with Crippen LogP contribution in [0.1, 0.15) is 25.3 Å². The smallest absolute Gasteiger partial charge is 0.249 e. The summed E-state index contributed by atoms with van der Waals surface area (Å²) < 4.78 is 7.88. The fraction of sp³-hybridized carbons (Fsp3) is 0.647. The highest BCUT2D eigenvalue weighted by molar-refractivity contribution is 5.79. The second kappa shape index (κ2) is 6.45. The van der Waals surface area contributed by atoms with Gasteiger partial charge in [-0.25, -0.2) is 0 Å². The third-order valence-electron chi connectivity index (χ3n) is 5.23. The molecular formula is C17H26N4O2. The zero-order valence-corrected chi connectivity index (χ0v) is 14.1. The van der Waals surface area contributed by atoms with Crippen LogP contribution in [0.15, 0.2) is 25.0 Å². The van der Waals surface area contributed by atoms with Gasteiger partial charge < -0.3 is 9.64 Å². The lowest BCUT2D eigenvalue weighted by Crippen LogP contribution is -2.63. The van der Waals surface area contributed by atoms with E-state index in [-0.39, 0.29) is 24.2 Å². The Morgan fingerprint density at radius 1 is 1.48 bits per heavy atom. The van der Waals surface area contributed by atoms with E-state index in [1.807, 2.05) is 22.8 Å². The molecule has 0 radical (unpaired) electrons. The van der Waals surface area contributed by atoms with Crippen molar-refractivity contribution < 1.29 is 9.53 Å². The Labute approximate surface area is 137 Å². The molecule has 2 saturated heterocycles. The van der Waals surface area contributed by atoms with E-state index in [0.717, 1.165) is 32.5 Å². The van der Waals surface area contributed by atoms with Crippen molar-refractivity contribution in [3.8, 4) is 0 Å². The lowest BCUT2D eigenvalue weighted by molar-refractivity contribution is -0.185. The van der Waals surface area contributed by atoms with E-state index >= 15 is 0 Å². The first kappa shape index (κ1) is 16.2. The number of rotatable bonds is 4. The van der Waals surface area contributed by atoms with Crippen molar-refractivity contribution in [1.29, 1.82) is 0 Å². The zero-order chi connectivity index (χ0) is 16.4. The van der Waals surface area contributed by atoms with Crippen LogP contribution in [0, 0.1) is 0 Å². The Balaban J connectivity index is 1.62. The summed E-state index contributed by atoms with van der Waals surface area (Å²) in [6.45, 7) is 9.56. The van der Waals surface area contributed by atoms with Gasteiger partial charge in [0.15, 0.2) is 0 Å². The molecule has 126 valence electrons. The van der Waals surface area contributed by atoms with E-state index in [9.17, 15) is 4.79 Å². The van der Waals surface area contributed by atoms with Crippen LogP contribution in [0.4, 0.5) is 0 Å². The van der Waals surface area contributed by atoms with Crippen molar-refractivity contribution in [1.82, 2.24) is 19.6 Å². The van der Waals surface area contributed by atoms with E-state index in [1.54, 1.807) is 6.08 Å². The van der Waals surface area contributed by atoms with E-state index < -0.39 is 0 Å². The minimum atomic E-state index is -0.206.